The Balaban J connectivity index is 0.00000117. The second-order valence-corrected chi connectivity index (χ2v) is 7.58. The zero-order valence-corrected chi connectivity index (χ0v) is 17.6. The predicted molar refractivity (Wildman–Crippen MR) is 112 cm³/mol. The van der Waals surface area contributed by atoms with Crippen molar-refractivity contribution in [2.45, 2.75) is 58.2 Å². The number of hydrogen-bond acceptors (Lipinski definition) is 4. The molecule has 0 unspecified atom stereocenters. The molecule has 2 aromatic rings. The third-order valence-corrected chi connectivity index (χ3v) is 5.43. The fourth-order valence-corrected chi connectivity index (χ4v) is 3.88. The van der Waals surface area contributed by atoms with Crippen molar-refractivity contribution < 1.29 is 14.1 Å². The topological polar surface area (TPSA) is 105 Å². The zero-order chi connectivity index (χ0) is 21.0. The first-order chi connectivity index (χ1) is 14.0. The zero-order valence-electron chi connectivity index (χ0n) is 16.9. The fourth-order valence-electron chi connectivity index (χ4n) is 3.71. The molecule has 29 heavy (non-hydrogen) atoms. The van der Waals surface area contributed by atoms with Gasteiger partial charge in [0.2, 0.25) is 0 Å². The highest BCUT2D eigenvalue weighted by Gasteiger charge is 2.39. The third kappa shape index (κ3) is 4.93. The molecule has 0 spiro atoms. The lowest BCUT2D eigenvalue weighted by Crippen LogP contribution is -2.55. The first kappa shape index (κ1) is 21.2. The monoisotopic (exact) mass is 421 g/mol. The molecule has 158 valence electrons. The van der Waals surface area contributed by atoms with E-state index in [1.165, 1.54) is 0 Å². The Labute approximate surface area is 175 Å². The molecule has 4 rings (SSSR count). The highest BCUT2D eigenvalue weighted by molar-refractivity contribution is 6.31. The van der Waals surface area contributed by atoms with Crippen LogP contribution in [0, 0.1) is 0 Å². The summed E-state index contributed by atoms with van der Waals surface area (Å²) in [5, 5.41) is 8.34. The number of aromatic nitrogens is 1. The molecule has 1 saturated carbocycles. The van der Waals surface area contributed by atoms with E-state index < -0.39 is 6.03 Å². The van der Waals surface area contributed by atoms with E-state index in [4.69, 9.17) is 21.9 Å². The minimum Gasteiger partial charge on any atom is -0.358 e. The van der Waals surface area contributed by atoms with Crippen LogP contribution in [-0.4, -0.2) is 52.2 Å². The Bertz CT molecular complexity index is 867. The van der Waals surface area contributed by atoms with E-state index in [1.807, 2.05) is 24.8 Å². The average Bonchev–Trinajstić information content (AvgIpc) is 3.48. The summed E-state index contributed by atoms with van der Waals surface area (Å²) in [6.45, 7) is 5.38. The first-order valence-corrected chi connectivity index (χ1v) is 10.5. The number of amides is 4. The van der Waals surface area contributed by atoms with Crippen LogP contribution in [0.15, 0.2) is 22.7 Å². The summed E-state index contributed by atoms with van der Waals surface area (Å²) in [7, 11) is 0. The van der Waals surface area contributed by atoms with Crippen LogP contribution in [0.4, 0.5) is 9.59 Å². The van der Waals surface area contributed by atoms with Crippen molar-refractivity contribution in [3.63, 3.8) is 0 Å². The summed E-state index contributed by atoms with van der Waals surface area (Å²) in [5.41, 5.74) is 6.09. The normalized spacial score (nSPS) is 18.7. The van der Waals surface area contributed by atoms with E-state index in [2.05, 4.69) is 10.5 Å². The number of hydrogen-bond donors (Lipinski definition) is 2. The highest BCUT2D eigenvalue weighted by atomic mass is 35.5. The van der Waals surface area contributed by atoms with Gasteiger partial charge in [0.05, 0.1) is 12.6 Å². The van der Waals surface area contributed by atoms with Gasteiger partial charge >= 0.3 is 12.1 Å². The van der Waals surface area contributed by atoms with Gasteiger partial charge in [0.1, 0.15) is 5.52 Å². The molecule has 2 heterocycles. The van der Waals surface area contributed by atoms with Gasteiger partial charge < -0.3 is 25.4 Å². The maximum Gasteiger partial charge on any atom is 0.318 e. The summed E-state index contributed by atoms with van der Waals surface area (Å²) in [6.07, 6.45) is 3.70. The first-order valence-electron chi connectivity index (χ1n) is 10.2. The Morgan fingerprint density at radius 1 is 1.31 bits per heavy atom. The van der Waals surface area contributed by atoms with E-state index >= 15 is 0 Å². The van der Waals surface area contributed by atoms with E-state index in [9.17, 15) is 9.59 Å². The Morgan fingerprint density at radius 3 is 2.76 bits per heavy atom. The fraction of sp³-hybridized carbons (Fsp3) is 0.550. The summed E-state index contributed by atoms with van der Waals surface area (Å²) >= 11 is 5.96. The van der Waals surface area contributed by atoms with Gasteiger partial charge in [-0.25, -0.2) is 9.59 Å². The molecule has 8 nitrogen and oxygen atoms in total. The molecule has 0 radical (unpaired) electrons. The summed E-state index contributed by atoms with van der Waals surface area (Å²) in [5.74, 6) is 0.591. The quantitative estimate of drug-likeness (QED) is 0.784. The van der Waals surface area contributed by atoms with Gasteiger partial charge in [-0.15, -0.1) is 0 Å². The van der Waals surface area contributed by atoms with Crippen molar-refractivity contribution >= 4 is 34.6 Å². The van der Waals surface area contributed by atoms with Crippen molar-refractivity contribution in [2.24, 2.45) is 5.73 Å². The second kappa shape index (κ2) is 9.35. The molecule has 0 bridgehead atoms. The minimum atomic E-state index is -0.428. The van der Waals surface area contributed by atoms with Gasteiger partial charge in [-0.3, -0.25) is 0 Å². The summed E-state index contributed by atoms with van der Waals surface area (Å²) in [6, 6.07) is 4.97. The van der Waals surface area contributed by atoms with E-state index in [-0.39, 0.29) is 24.7 Å². The molecule has 2 fully saturated rings. The molecule has 9 heteroatoms. The lowest BCUT2D eigenvalue weighted by Gasteiger charge is -2.38. The van der Waals surface area contributed by atoms with Crippen molar-refractivity contribution in [3.05, 3.63) is 29.0 Å². The second-order valence-electron chi connectivity index (χ2n) is 7.14. The average molecular weight is 422 g/mol. The van der Waals surface area contributed by atoms with Crippen LogP contribution in [0.2, 0.25) is 5.02 Å². The number of fused-ring (bicyclic) bond motifs is 1. The number of rotatable bonds is 4. The summed E-state index contributed by atoms with van der Waals surface area (Å²) in [4.78, 5) is 27.9. The number of benzene rings is 1. The van der Waals surface area contributed by atoms with Crippen LogP contribution >= 0.6 is 11.6 Å². The number of halogens is 1. The SMILES string of the molecule is CC.NC(=O)N1CCC[C@@H](N(C(=O)NCc2onc3cc(Cl)ccc23)C2CC2)C1. The Kier molecular flexibility index (Phi) is 6.84. The standard InChI is InChI=1S/C18H22ClN5O3.C2H6/c19-11-3-6-14-15(8-11)22-27-16(14)9-21-18(26)24(12-4-5-12)13-2-1-7-23(10-13)17(20)25;1-2/h3,6,8,12-13H,1-2,4-5,7,9-10H2,(H2,20,25)(H,21,26);1-2H3/t13-;/m1./s1. The van der Waals surface area contributed by atoms with Crippen LogP contribution in [-0.2, 0) is 6.54 Å². The van der Waals surface area contributed by atoms with Crippen LogP contribution < -0.4 is 11.1 Å². The molecule has 2 aliphatic rings. The molecule has 1 aliphatic heterocycles. The van der Waals surface area contributed by atoms with Gasteiger partial charge in [0, 0.05) is 29.5 Å². The molecule has 1 atom stereocenters. The maximum atomic E-state index is 12.9. The van der Waals surface area contributed by atoms with Crippen molar-refractivity contribution in [1.82, 2.24) is 20.3 Å². The number of carbonyl (C=O) groups is 2. The molecule has 3 N–H and O–H groups in total. The number of carbonyl (C=O) groups excluding carboxylic acids is 2. The highest BCUT2D eigenvalue weighted by Crippen LogP contribution is 2.31. The number of nitrogens with two attached hydrogens (primary N) is 1. The number of likely N-dealkylation sites (tertiary alicyclic amines) is 1. The predicted octanol–water partition coefficient (Wildman–Crippen LogP) is 3.72. The number of piperidine rings is 1. The lowest BCUT2D eigenvalue weighted by molar-refractivity contribution is 0.118. The molecule has 1 saturated heterocycles. The van der Waals surface area contributed by atoms with Crippen molar-refractivity contribution in [2.75, 3.05) is 13.1 Å². The van der Waals surface area contributed by atoms with Crippen LogP contribution in [0.5, 0.6) is 0 Å². The smallest absolute Gasteiger partial charge is 0.318 e. The summed E-state index contributed by atoms with van der Waals surface area (Å²) < 4.78 is 5.36. The van der Waals surface area contributed by atoms with Crippen LogP contribution in [0.1, 0.15) is 45.3 Å². The van der Waals surface area contributed by atoms with E-state index in [0.717, 1.165) is 31.1 Å². The van der Waals surface area contributed by atoms with E-state index in [1.54, 1.807) is 17.0 Å². The minimum absolute atomic E-state index is 0.0102. The molecule has 4 amide bonds. The van der Waals surface area contributed by atoms with Gasteiger partial charge in [-0.1, -0.05) is 30.6 Å². The lowest BCUT2D eigenvalue weighted by atomic mass is 10.0. The van der Waals surface area contributed by atoms with Gasteiger partial charge in [0.15, 0.2) is 5.76 Å². The molecular weight excluding hydrogens is 394 g/mol. The number of nitrogens with zero attached hydrogens (tertiary/aromatic N) is 3. The van der Waals surface area contributed by atoms with Gasteiger partial charge in [0.25, 0.3) is 0 Å². The maximum absolute atomic E-state index is 12.9. The molecule has 1 aliphatic carbocycles. The third-order valence-electron chi connectivity index (χ3n) is 5.19. The number of nitrogens with one attached hydrogen (secondary N) is 1. The van der Waals surface area contributed by atoms with E-state index in [0.29, 0.717) is 29.4 Å². The largest absolute Gasteiger partial charge is 0.358 e. The number of primary amides is 1. The van der Waals surface area contributed by atoms with Crippen LogP contribution in [0.3, 0.4) is 0 Å². The molecule has 1 aromatic carbocycles. The Morgan fingerprint density at radius 2 is 2.07 bits per heavy atom. The van der Waals surface area contributed by atoms with Crippen LogP contribution in [0.25, 0.3) is 10.9 Å². The Hall–Kier alpha value is -2.48. The molecule has 1 aromatic heterocycles. The van der Waals surface area contributed by atoms with Gasteiger partial charge in [-0.2, -0.15) is 0 Å². The number of urea groups is 2. The van der Waals surface area contributed by atoms with Crippen molar-refractivity contribution in [3.8, 4) is 0 Å². The van der Waals surface area contributed by atoms with Crippen molar-refractivity contribution in [1.29, 1.82) is 0 Å². The van der Waals surface area contributed by atoms with Gasteiger partial charge in [-0.05, 0) is 43.9 Å². The molecular formula is C20H28ClN5O3.